The van der Waals surface area contributed by atoms with Crippen LogP contribution in [0.5, 0.6) is 0 Å². The van der Waals surface area contributed by atoms with Gasteiger partial charge in [-0.3, -0.25) is 0 Å². The fourth-order valence-corrected chi connectivity index (χ4v) is 1.98. The predicted octanol–water partition coefficient (Wildman–Crippen LogP) is 0.921. The van der Waals surface area contributed by atoms with E-state index in [1.54, 1.807) is 0 Å². The number of nitrogens with zero attached hydrogens (tertiary/aromatic N) is 1. The molecule has 1 heterocycles. The van der Waals surface area contributed by atoms with Crippen LogP contribution >= 0.6 is 0 Å². The van der Waals surface area contributed by atoms with Crippen LogP contribution in [-0.2, 0) is 0 Å². The van der Waals surface area contributed by atoms with Gasteiger partial charge in [0, 0.05) is 12.6 Å². The molecule has 0 bridgehead atoms. The quantitative estimate of drug-likeness (QED) is 0.612. The van der Waals surface area contributed by atoms with Crippen molar-refractivity contribution in [2.75, 3.05) is 20.1 Å². The van der Waals surface area contributed by atoms with Crippen molar-refractivity contribution in [1.29, 1.82) is 0 Å². The smallest absolute Gasteiger partial charge is 0.00897 e. The first-order valence-corrected chi connectivity index (χ1v) is 4.55. The van der Waals surface area contributed by atoms with Gasteiger partial charge in [0.15, 0.2) is 0 Å². The van der Waals surface area contributed by atoms with E-state index in [4.69, 9.17) is 5.73 Å². The van der Waals surface area contributed by atoms with Crippen LogP contribution in [0.1, 0.15) is 20.3 Å². The molecule has 0 spiro atoms. The summed E-state index contributed by atoms with van der Waals surface area (Å²) in [7, 11) is 2.20. The van der Waals surface area contributed by atoms with E-state index in [0.717, 1.165) is 24.4 Å². The van der Waals surface area contributed by atoms with Gasteiger partial charge in [0.25, 0.3) is 0 Å². The molecule has 11 heavy (non-hydrogen) atoms. The van der Waals surface area contributed by atoms with Crippen molar-refractivity contribution < 1.29 is 0 Å². The average molecular weight is 156 g/mol. The van der Waals surface area contributed by atoms with Crippen LogP contribution in [0, 0.1) is 11.8 Å². The minimum absolute atomic E-state index is 0.728. The van der Waals surface area contributed by atoms with Crippen molar-refractivity contribution in [2.24, 2.45) is 17.6 Å². The molecule has 0 aromatic carbocycles. The molecule has 3 unspecified atom stereocenters. The lowest BCUT2D eigenvalue weighted by Gasteiger charge is -2.39. The van der Waals surface area contributed by atoms with Crippen LogP contribution in [0.4, 0.5) is 0 Å². The van der Waals surface area contributed by atoms with Crippen LogP contribution in [0.25, 0.3) is 0 Å². The van der Waals surface area contributed by atoms with Gasteiger partial charge in [-0.25, -0.2) is 0 Å². The Kier molecular flexibility index (Phi) is 2.90. The first-order chi connectivity index (χ1) is 5.15. The summed E-state index contributed by atoms with van der Waals surface area (Å²) in [6.45, 7) is 6.66. The molecule has 0 saturated carbocycles. The van der Waals surface area contributed by atoms with E-state index in [2.05, 4.69) is 25.8 Å². The van der Waals surface area contributed by atoms with E-state index in [-0.39, 0.29) is 0 Å². The number of nitrogens with two attached hydrogens (primary N) is 1. The zero-order valence-electron chi connectivity index (χ0n) is 7.88. The lowest BCUT2D eigenvalue weighted by atomic mass is 9.85. The van der Waals surface area contributed by atoms with Gasteiger partial charge in [0.2, 0.25) is 0 Å². The Balaban J connectivity index is 2.47. The molecule has 3 atom stereocenters. The van der Waals surface area contributed by atoms with Crippen LogP contribution in [0.2, 0.25) is 0 Å². The van der Waals surface area contributed by atoms with Crippen LogP contribution < -0.4 is 5.73 Å². The highest BCUT2D eigenvalue weighted by molar-refractivity contribution is 4.81. The zero-order chi connectivity index (χ0) is 8.43. The lowest BCUT2D eigenvalue weighted by molar-refractivity contribution is 0.102. The first-order valence-electron chi connectivity index (χ1n) is 4.55. The largest absolute Gasteiger partial charge is 0.330 e. The fraction of sp³-hybridized carbons (Fsp3) is 1.00. The predicted molar refractivity (Wildman–Crippen MR) is 48.4 cm³/mol. The lowest BCUT2D eigenvalue weighted by Crippen LogP contribution is -2.45. The number of hydrogen-bond donors (Lipinski definition) is 1. The molecule has 1 rings (SSSR count). The van der Waals surface area contributed by atoms with Crippen molar-refractivity contribution in [3.8, 4) is 0 Å². The number of hydrogen-bond acceptors (Lipinski definition) is 2. The standard InChI is InChI=1S/C9H20N2/c1-7-4-9(5-10)6-11(3)8(7)2/h7-9H,4-6,10H2,1-3H3. The highest BCUT2D eigenvalue weighted by Gasteiger charge is 2.27. The Bertz CT molecular complexity index is 113. The minimum Gasteiger partial charge on any atom is -0.330 e. The van der Waals surface area contributed by atoms with Gasteiger partial charge < -0.3 is 10.6 Å². The monoisotopic (exact) mass is 156 g/mol. The van der Waals surface area contributed by atoms with Gasteiger partial charge in [0.05, 0.1) is 0 Å². The molecule has 0 aliphatic carbocycles. The molecule has 1 saturated heterocycles. The summed E-state index contributed by atoms with van der Waals surface area (Å²) in [5, 5.41) is 0. The third kappa shape index (κ3) is 1.94. The highest BCUT2D eigenvalue weighted by Crippen LogP contribution is 2.24. The van der Waals surface area contributed by atoms with E-state index >= 15 is 0 Å². The van der Waals surface area contributed by atoms with E-state index < -0.39 is 0 Å². The minimum atomic E-state index is 0.728. The molecular formula is C9H20N2. The average Bonchev–Trinajstić information content (AvgIpc) is 1.99. The van der Waals surface area contributed by atoms with E-state index in [1.807, 2.05) is 0 Å². The van der Waals surface area contributed by atoms with Gasteiger partial charge in [0.1, 0.15) is 0 Å². The van der Waals surface area contributed by atoms with Gasteiger partial charge in [-0.05, 0) is 38.8 Å². The Labute approximate surface area is 69.8 Å². The number of piperidine rings is 1. The van der Waals surface area contributed by atoms with Crippen molar-refractivity contribution >= 4 is 0 Å². The number of likely N-dealkylation sites (tertiary alicyclic amines) is 1. The van der Waals surface area contributed by atoms with Crippen molar-refractivity contribution in [3.05, 3.63) is 0 Å². The summed E-state index contributed by atoms with van der Waals surface area (Å²) in [5.74, 6) is 1.54. The third-order valence-corrected chi connectivity index (χ3v) is 3.10. The van der Waals surface area contributed by atoms with E-state index in [1.165, 1.54) is 13.0 Å². The van der Waals surface area contributed by atoms with Gasteiger partial charge in [-0.15, -0.1) is 0 Å². The molecule has 0 aromatic rings. The molecule has 2 N–H and O–H groups in total. The summed E-state index contributed by atoms with van der Waals surface area (Å²) in [6, 6.07) is 0.734. The molecule has 0 radical (unpaired) electrons. The maximum Gasteiger partial charge on any atom is 0.00897 e. The second kappa shape index (κ2) is 3.55. The summed E-state index contributed by atoms with van der Waals surface area (Å²) in [5.41, 5.74) is 5.65. The van der Waals surface area contributed by atoms with Crippen molar-refractivity contribution in [2.45, 2.75) is 26.3 Å². The molecule has 1 fully saturated rings. The van der Waals surface area contributed by atoms with E-state index in [9.17, 15) is 0 Å². The molecule has 0 amide bonds. The second-order valence-corrected chi connectivity index (χ2v) is 3.99. The highest BCUT2D eigenvalue weighted by atomic mass is 15.1. The fourth-order valence-electron chi connectivity index (χ4n) is 1.98. The topological polar surface area (TPSA) is 29.3 Å². The second-order valence-electron chi connectivity index (χ2n) is 3.99. The van der Waals surface area contributed by atoms with Gasteiger partial charge in [-0.2, -0.15) is 0 Å². The van der Waals surface area contributed by atoms with Crippen molar-refractivity contribution in [1.82, 2.24) is 4.90 Å². The summed E-state index contributed by atoms with van der Waals surface area (Å²) < 4.78 is 0. The molecule has 2 heteroatoms. The molecule has 66 valence electrons. The zero-order valence-corrected chi connectivity index (χ0v) is 7.88. The molecule has 0 aromatic heterocycles. The van der Waals surface area contributed by atoms with Gasteiger partial charge >= 0.3 is 0 Å². The Morgan fingerprint density at radius 2 is 2.09 bits per heavy atom. The molecular weight excluding hydrogens is 136 g/mol. The van der Waals surface area contributed by atoms with Crippen LogP contribution in [0.3, 0.4) is 0 Å². The Hall–Kier alpha value is -0.0800. The van der Waals surface area contributed by atoms with Crippen LogP contribution in [0.15, 0.2) is 0 Å². The number of rotatable bonds is 1. The maximum atomic E-state index is 5.65. The normalized spacial score (nSPS) is 40.9. The Morgan fingerprint density at radius 1 is 1.45 bits per heavy atom. The SMILES string of the molecule is CC1CC(CN)CN(C)C1C. The summed E-state index contributed by atoms with van der Waals surface area (Å²) in [6.07, 6.45) is 1.31. The van der Waals surface area contributed by atoms with Gasteiger partial charge in [-0.1, -0.05) is 6.92 Å². The molecule has 2 nitrogen and oxygen atoms in total. The Morgan fingerprint density at radius 3 is 2.55 bits per heavy atom. The summed E-state index contributed by atoms with van der Waals surface area (Å²) in [4.78, 5) is 2.42. The maximum absolute atomic E-state index is 5.65. The first kappa shape index (κ1) is 9.01. The third-order valence-electron chi connectivity index (χ3n) is 3.10. The van der Waals surface area contributed by atoms with E-state index in [0.29, 0.717) is 0 Å². The summed E-state index contributed by atoms with van der Waals surface area (Å²) >= 11 is 0. The molecule has 1 aliphatic heterocycles. The van der Waals surface area contributed by atoms with Crippen LogP contribution in [-0.4, -0.2) is 31.1 Å². The van der Waals surface area contributed by atoms with Crippen molar-refractivity contribution in [3.63, 3.8) is 0 Å². The molecule has 1 aliphatic rings.